The van der Waals surface area contributed by atoms with Gasteiger partial charge in [-0.2, -0.15) is 0 Å². The molecule has 0 radical (unpaired) electrons. The highest BCUT2D eigenvalue weighted by Gasteiger charge is 2.29. The Bertz CT molecular complexity index is 708. The Kier molecular flexibility index (Phi) is 13.0. The van der Waals surface area contributed by atoms with Gasteiger partial charge >= 0.3 is 11.9 Å². The molecule has 0 aliphatic rings. The predicted molar refractivity (Wildman–Crippen MR) is 114 cm³/mol. The second-order valence-corrected chi connectivity index (χ2v) is 7.39. The highest BCUT2D eigenvalue weighted by atomic mass is 16.4. The number of carbonyl (C=O) groups is 5. The molecule has 3 amide bonds. The van der Waals surface area contributed by atoms with Crippen molar-refractivity contribution in [3.8, 4) is 0 Å². The maximum atomic E-state index is 12.8. The quantitative estimate of drug-likeness (QED) is 0.0702. The molecule has 0 aliphatic heterocycles. The van der Waals surface area contributed by atoms with E-state index in [2.05, 4.69) is 20.9 Å². The normalized spacial score (nSPS) is 13.4. The van der Waals surface area contributed by atoms with Crippen molar-refractivity contribution in [1.29, 1.82) is 0 Å². The average Bonchev–Trinajstić information content (AvgIpc) is 2.69. The number of hydrogen-bond acceptors (Lipinski definition) is 7. The summed E-state index contributed by atoms with van der Waals surface area (Å²) in [6.45, 7) is 2.87. The van der Waals surface area contributed by atoms with Gasteiger partial charge in [0, 0.05) is 13.0 Å². The van der Waals surface area contributed by atoms with Crippen LogP contribution in [0.4, 0.5) is 0 Å². The third-order valence-corrected chi connectivity index (χ3v) is 4.24. The molecule has 0 spiro atoms. The number of guanidine groups is 1. The molecule has 0 heterocycles. The zero-order chi connectivity index (χ0) is 24.8. The molecule has 0 aliphatic carbocycles. The van der Waals surface area contributed by atoms with Gasteiger partial charge in [-0.3, -0.25) is 29.0 Å². The van der Waals surface area contributed by atoms with Gasteiger partial charge in [-0.1, -0.05) is 13.8 Å². The molecule has 0 rings (SSSR count). The number of aliphatic imine (C=N–C) groups is 1. The fourth-order valence-corrected chi connectivity index (χ4v) is 2.52. The number of carbonyl (C=O) groups excluding carboxylic acids is 3. The number of aliphatic carboxylic acids is 2. The van der Waals surface area contributed by atoms with Crippen LogP contribution in [0.15, 0.2) is 4.99 Å². The third kappa shape index (κ3) is 12.3. The van der Waals surface area contributed by atoms with Crippen molar-refractivity contribution in [3.63, 3.8) is 0 Å². The van der Waals surface area contributed by atoms with Gasteiger partial charge in [0.25, 0.3) is 0 Å². The summed E-state index contributed by atoms with van der Waals surface area (Å²) in [6, 6.07) is -3.32. The Morgan fingerprint density at radius 1 is 0.906 bits per heavy atom. The molecular weight excluding hydrogens is 426 g/mol. The van der Waals surface area contributed by atoms with Crippen LogP contribution in [0.25, 0.3) is 0 Å². The van der Waals surface area contributed by atoms with E-state index in [1.807, 2.05) is 0 Å². The number of hydrogen-bond donors (Lipinski definition) is 8. The minimum Gasteiger partial charge on any atom is -0.481 e. The zero-order valence-corrected chi connectivity index (χ0v) is 18.2. The summed E-state index contributed by atoms with van der Waals surface area (Å²) in [5.41, 5.74) is 16.2. The monoisotopic (exact) mass is 459 g/mol. The Balaban J connectivity index is 5.29. The third-order valence-electron chi connectivity index (χ3n) is 4.24. The second kappa shape index (κ2) is 14.6. The molecule has 14 heteroatoms. The summed E-state index contributed by atoms with van der Waals surface area (Å²) in [4.78, 5) is 62.5. The van der Waals surface area contributed by atoms with E-state index in [-0.39, 0.29) is 37.7 Å². The van der Waals surface area contributed by atoms with Gasteiger partial charge in [-0.15, -0.1) is 0 Å². The predicted octanol–water partition coefficient (Wildman–Crippen LogP) is -2.94. The van der Waals surface area contributed by atoms with Gasteiger partial charge in [-0.25, -0.2) is 0 Å². The van der Waals surface area contributed by atoms with Crippen molar-refractivity contribution in [2.24, 2.45) is 28.1 Å². The molecule has 32 heavy (non-hydrogen) atoms. The Hall–Kier alpha value is -3.42. The van der Waals surface area contributed by atoms with Crippen LogP contribution >= 0.6 is 0 Å². The van der Waals surface area contributed by atoms with E-state index in [0.29, 0.717) is 6.42 Å². The molecule has 3 unspecified atom stereocenters. The number of nitrogens with zero attached hydrogens (tertiary/aromatic N) is 1. The molecule has 0 aromatic carbocycles. The van der Waals surface area contributed by atoms with Crippen LogP contribution in [0.3, 0.4) is 0 Å². The largest absolute Gasteiger partial charge is 0.481 e. The summed E-state index contributed by atoms with van der Waals surface area (Å²) >= 11 is 0. The summed E-state index contributed by atoms with van der Waals surface area (Å²) in [6.07, 6.45) is -0.0510. The minimum absolute atomic E-state index is 0.0988. The molecule has 11 N–H and O–H groups in total. The first-order valence-corrected chi connectivity index (χ1v) is 9.98. The SMILES string of the molecule is CC(C)C(NC(=O)C(CCCN=C(N)N)NC(=O)C(N)CCC(=O)O)C(=O)NCC(=O)O. The first kappa shape index (κ1) is 28.6. The summed E-state index contributed by atoms with van der Waals surface area (Å²) < 4.78 is 0. The molecule has 0 fully saturated rings. The maximum Gasteiger partial charge on any atom is 0.322 e. The van der Waals surface area contributed by atoms with Crippen molar-refractivity contribution in [2.45, 2.75) is 57.7 Å². The fraction of sp³-hybridized carbons (Fsp3) is 0.667. The van der Waals surface area contributed by atoms with Crippen molar-refractivity contribution < 1.29 is 34.2 Å². The number of rotatable bonds is 15. The van der Waals surface area contributed by atoms with Gasteiger partial charge < -0.3 is 43.4 Å². The molecule has 0 saturated heterocycles. The zero-order valence-electron chi connectivity index (χ0n) is 18.2. The molecule has 3 atom stereocenters. The Labute approximate surface area is 185 Å². The van der Waals surface area contributed by atoms with E-state index in [4.69, 9.17) is 27.4 Å². The molecule has 0 aromatic heterocycles. The Morgan fingerprint density at radius 3 is 2.03 bits per heavy atom. The van der Waals surface area contributed by atoms with Crippen LogP contribution < -0.4 is 33.2 Å². The van der Waals surface area contributed by atoms with Gasteiger partial charge in [-0.05, 0) is 25.2 Å². The van der Waals surface area contributed by atoms with Gasteiger partial charge in [0.1, 0.15) is 18.6 Å². The summed E-state index contributed by atoms with van der Waals surface area (Å²) in [5.74, 6) is -5.01. The van der Waals surface area contributed by atoms with Crippen LogP contribution in [-0.2, 0) is 24.0 Å². The lowest BCUT2D eigenvalue weighted by Crippen LogP contribution is -2.57. The average molecular weight is 460 g/mol. The van der Waals surface area contributed by atoms with E-state index in [9.17, 15) is 24.0 Å². The van der Waals surface area contributed by atoms with Crippen LogP contribution in [0.5, 0.6) is 0 Å². The molecule has 182 valence electrons. The van der Waals surface area contributed by atoms with E-state index in [0.717, 1.165) is 0 Å². The van der Waals surface area contributed by atoms with E-state index >= 15 is 0 Å². The number of carboxylic acids is 2. The molecule has 0 bridgehead atoms. The number of nitrogens with one attached hydrogen (secondary N) is 3. The van der Waals surface area contributed by atoms with E-state index in [1.165, 1.54) is 0 Å². The maximum absolute atomic E-state index is 12.8. The minimum atomic E-state index is -1.24. The van der Waals surface area contributed by atoms with Gasteiger partial charge in [0.15, 0.2) is 5.96 Å². The van der Waals surface area contributed by atoms with E-state index < -0.39 is 54.3 Å². The molecule has 0 saturated carbocycles. The molecular formula is C18H33N7O7. The summed E-state index contributed by atoms with van der Waals surface area (Å²) in [5, 5.41) is 24.6. The van der Waals surface area contributed by atoms with Crippen LogP contribution in [-0.4, -0.2) is 77.0 Å². The van der Waals surface area contributed by atoms with Crippen molar-refractivity contribution in [1.82, 2.24) is 16.0 Å². The first-order chi connectivity index (χ1) is 14.8. The number of carboxylic acid groups (broad SMARTS) is 2. The number of nitrogens with two attached hydrogens (primary N) is 3. The first-order valence-electron chi connectivity index (χ1n) is 9.98. The lowest BCUT2D eigenvalue weighted by Gasteiger charge is -2.25. The van der Waals surface area contributed by atoms with Crippen molar-refractivity contribution in [2.75, 3.05) is 13.1 Å². The van der Waals surface area contributed by atoms with Crippen LogP contribution in [0, 0.1) is 5.92 Å². The van der Waals surface area contributed by atoms with Crippen LogP contribution in [0.2, 0.25) is 0 Å². The van der Waals surface area contributed by atoms with Crippen molar-refractivity contribution >= 4 is 35.6 Å². The van der Waals surface area contributed by atoms with Crippen LogP contribution in [0.1, 0.15) is 39.5 Å². The molecule has 0 aromatic rings. The standard InChI is InChI=1S/C18H33N7O7/c1-9(2)14(17(32)23-8-13(28)29)25-16(31)11(4-3-7-22-18(20)21)24-15(30)10(19)5-6-12(26)27/h9-11,14H,3-8,19H2,1-2H3,(H,23,32)(H,24,30)(H,25,31)(H,26,27)(H,28,29)(H4,20,21,22). The van der Waals surface area contributed by atoms with E-state index in [1.54, 1.807) is 13.8 Å². The van der Waals surface area contributed by atoms with Gasteiger partial charge in [0.05, 0.1) is 6.04 Å². The Morgan fingerprint density at radius 2 is 1.53 bits per heavy atom. The summed E-state index contributed by atoms with van der Waals surface area (Å²) in [7, 11) is 0. The topological polar surface area (TPSA) is 252 Å². The molecule has 14 nitrogen and oxygen atoms in total. The van der Waals surface area contributed by atoms with Gasteiger partial charge in [0.2, 0.25) is 17.7 Å². The highest BCUT2D eigenvalue weighted by molar-refractivity contribution is 5.93. The smallest absolute Gasteiger partial charge is 0.322 e. The fourth-order valence-electron chi connectivity index (χ4n) is 2.52. The lowest BCUT2D eigenvalue weighted by molar-refractivity contribution is -0.139. The second-order valence-electron chi connectivity index (χ2n) is 7.39. The highest BCUT2D eigenvalue weighted by Crippen LogP contribution is 2.06. The lowest BCUT2D eigenvalue weighted by atomic mass is 10.0. The van der Waals surface area contributed by atoms with Crippen molar-refractivity contribution in [3.05, 3.63) is 0 Å². The number of amides is 3.